The van der Waals surface area contributed by atoms with Gasteiger partial charge in [-0.3, -0.25) is 38.1 Å². The average Bonchev–Trinajstić information content (AvgIpc) is 1.75. The monoisotopic (exact) mass is 1630 g/mol. The first-order valence-electron chi connectivity index (χ1n) is 42.1. The van der Waals surface area contributed by atoms with Crippen LogP contribution >= 0.6 is 11.3 Å². The number of carbonyl (C=O) groups is 6. The molecule has 2 saturated carbocycles. The number of rotatable bonds is 32. The molecule has 5 heterocycles. The number of halogens is 1. The van der Waals surface area contributed by atoms with E-state index in [-0.39, 0.29) is 116 Å². The molecule has 0 radical (unpaired) electrons. The van der Waals surface area contributed by atoms with Crippen LogP contribution < -0.4 is 36.9 Å². The standard InChI is InChI=1S/C33H51FN4O5.C31H39N3O3S.C27H30N4O3.2CH4/c1-4-24(2)32(39)36-31(25-9-6-5-7-10-25)33(40)38-14-8-11-27(38)22-35-29-23-37(30-21-26(34)12-13-28(29)30)15-16-42-19-20-43-18-17-41-3;1-4-20(2)29(35)33-28(21-11-6-5-7-12-21)31(36)34-18-10-15-26(34)30-32-25(19-38-30)23-16-17-27(37-3)24-14-9-8-13-22(23)24;1-3-18(2)26(33)30-23-16-28-25(20-11-5-4-6-12-20)31(27(23)34)17-24(32)29-22-15-9-13-19-10-7-8-14-21(19)22;;/h12-13,21,23-25,27,31,35H,4-11,14-20,22H2,1-3H3,(H,36,39);8-9,13-14,16-17,19-21,26,28H,4-7,10-12,15,18H2,1-3H3,(H,33,35);4-8,10-12,14,16,18,22H,3,9,13,15,17H2,1-2H3,(H,29,32)(H,30,33);2*1H4/t24-,27+,31+;20-,26+,28+;18-,22?;;/m111../s1. The van der Waals surface area contributed by atoms with Gasteiger partial charge in [-0.15, -0.1) is 11.3 Å². The zero-order valence-corrected chi connectivity index (χ0v) is 69.4. The van der Waals surface area contributed by atoms with Gasteiger partial charge in [0.1, 0.15) is 46.7 Å². The summed E-state index contributed by atoms with van der Waals surface area (Å²) in [4.78, 5) is 106. The lowest BCUT2D eigenvalue weighted by atomic mass is 9.83. The second kappa shape index (κ2) is 45.5. The number of hydrogen-bond donors (Lipinski definition) is 5. The zero-order valence-electron chi connectivity index (χ0n) is 68.6. The summed E-state index contributed by atoms with van der Waals surface area (Å²) in [5.41, 5.74) is 6.42. The van der Waals surface area contributed by atoms with Crippen molar-refractivity contribution in [3.8, 4) is 28.4 Å². The predicted molar refractivity (Wildman–Crippen MR) is 466 cm³/mol. The van der Waals surface area contributed by atoms with Crippen molar-refractivity contribution in [2.45, 2.75) is 228 Å². The number of hydrogen-bond acceptors (Lipinski definition) is 15. The number of fused-ring (bicyclic) bond motifs is 3. The minimum absolute atomic E-state index is 0. The molecule has 5 N–H and O–H groups in total. The van der Waals surface area contributed by atoms with Crippen molar-refractivity contribution in [1.29, 1.82) is 0 Å². The Bertz CT molecular complexity index is 4600. The van der Waals surface area contributed by atoms with Crippen molar-refractivity contribution >= 4 is 79.8 Å². The van der Waals surface area contributed by atoms with Crippen LogP contribution in [0.5, 0.6) is 5.75 Å². The van der Waals surface area contributed by atoms with Crippen molar-refractivity contribution in [1.82, 2.24) is 44.9 Å². The average molecular weight is 1630 g/mol. The van der Waals surface area contributed by atoms with Crippen LogP contribution in [0.25, 0.3) is 44.3 Å². The van der Waals surface area contributed by atoms with Crippen molar-refractivity contribution in [3.63, 3.8) is 0 Å². The smallest absolute Gasteiger partial charge is 0.278 e. The SMILES string of the molecule is C.C.CC[C@@H](C)C(=O)N[C@H](C(=O)N1CCC[C@H]1CNc1cn(CCOCCOCCOC)c2cc(F)ccc12)C1CCCCC1.CC[C@@H](C)C(=O)N[C@H](C(=O)N1CCC[C@H]1c1nc(-c2ccc(OC)c3ccccc23)cs1)C1CCCCC1.CC[C@@H](C)C(=O)Nc1cnc(-c2ccccc2)n(CC(=O)NC2CCCc3ccccc32)c1=O. The number of benzene rings is 5. The number of anilines is 2. The first-order chi connectivity index (χ1) is 55.9. The van der Waals surface area contributed by atoms with E-state index in [2.05, 4.69) is 61.2 Å². The fourth-order valence-electron chi connectivity index (χ4n) is 16.6. The molecule has 117 heavy (non-hydrogen) atoms. The highest BCUT2D eigenvalue weighted by Crippen LogP contribution is 2.41. The number of aryl methyl sites for hydroxylation is 1. The summed E-state index contributed by atoms with van der Waals surface area (Å²) in [5.74, 6) is 0.479. The van der Waals surface area contributed by atoms with Gasteiger partial charge in [-0.1, -0.05) is 174 Å². The molecule has 8 atom stereocenters. The van der Waals surface area contributed by atoms with Crippen LogP contribution in [-0.4, -0.2) is 149 Å². The maximum absolute atomic E-state index is 14.2. The normalized spacial score (nSPS) is 18.0. The number of nitrogens with one attached hydrogen (secondary N) is 5. The van der Waals surface area contributed by atoms with Gasteiger partial charge in [-0.05, 0) is 149 Å². The minimum Gasteiger partial charge on any atom is -0.496 e. The van der Waals surface area contributed by atoms with Gasteiger partial charge in [0, 0.05) is 90.6 Å². The van der Waals surface area contributed by atoms with E-state index in [1.54, 1.807) is 44.6 Å². The first-order valence-corrected chi connectivity index (χ1v) is 43.0. The van der Waals surface area contributed by atoms with Crippen LogP contribution in [0.1, 0.15) is 207 Å². The molecule has 3 aromatic heterocycles. The number of aromatic nitrogens is 4. The Morgan fingerprint density at radius 1 is 0.615 bits per heavy atom. The molecule has 13 rings (SSSR count). The molecule has 2 saturated heterocycles. The van der Waals surface area contributed by atoms with E-state index < -0.39 is 17.6 Å². The van der Waals surface area contributed by atoms with Gasteiger partial charge in [0.25, 0.3) is 5.56 Å². The van der Waals surface area contributed by atoms with Crippen molar-refractivity contribution in [2.24, 2.45) is 29.6 Å². The Balaban J connectivity index is 0.000000200. The number of nitrogens with zero attached hydrogens (tertiary/aromatic N) is 6. The van der Waals surface area contributed by atoms with Crippen LogP contribution in [0.15, 0.2) is 132 Å². The minimum atomic E-state index is -0.460. The van der Waals surface area contributed by atoms with Crippen LogP contribution in [0, 0.1) is 35.4 Å². The highest BCUT2D eigenvalue weighted by Gasteiger charge is 2.42. The van der Waals surface area contributed by atoms with Gasteiger partial charge in [-0.2, -0.15) is 0 Å². The molecular formula is C93H128FN11O11S. The summed E-state index contributed by atoms with van der Waals surface area (Å²) in [5, 5.41) is 21.9. The predicted octanol–water partition coefficient (Wildman–Crippen LogP) is 17.1. The number of methoxy groups -OCH3 is 2. The summed E-state index contributed by atoms with van der Waals surface area (Å²) in [6.45, 7) is 16.5. The second-order valence-electron chi connectivity index (χ2n) is 31.6. The lowest BCUT2D eigenvalue weighted by Crippen LogP contribution is -2.55. The number of thiazole rings is 1. The fraction of sp³-hybridized carbons (Fsp3) is 0.538. The Hall–Kier alpha value is -9.36. The van der Waals surface area contributed by atoms with Gasteiger partial charge in [0.2, 0.25) is 35.4 Å². The van der Waals surface area contributed by atoms with Crippen LogP contribution in [0.3, 0.4) is 0 Å². The van der Waals surface area contributed by atoms with Gasteiger partial charge in [0.15, 0.2) is 0 Å². The summed E-state index contributed by atoms with van der Waals surface area (Å²) < 4.78 is 39.3. The van der Waals surface area contributed by atoms with E-state index in [0.717, 1.165) is 170 Å². The van der Waals surface area contributed by atoms with Crippen LogP contribution in [-0.2, 0) is 62.5 Å². The van der Waals surface area contributed by atoms with Gasteiger partial charge in [-0.25, -0.2) is 14.4 Å². The van der Waals surface area contributed by atoms with E-state index in [1.165, 1.54) is 35.2 Å². The Kier molecular flexibility index (Phi) is 35.6. The molecule has 0 bridgehead atoms. The molecular weight excluding hydrogens is 1500 g/mol. The molecule has 22 nitrogen and oxygen atoms in total. The molecule has 0 spiro atoms. The third kappa shape index (κ3) is 23.8. The molecule has 5 aromatic carbocycles. The van der Waals surface area contributed by atoms with Crippen LogP contribution in [0.2, 0.25) is 0 Å². The number of likely N-dealkylation sites (tertiary alicyclic amines) is 2. The Morgan fingerprint density at radius 2 is 1.22 bits per heavy atom. The zero-order chi connectivity index (χ0) is 81.3. The molecule has 8 aromatic rings. The van der Waals surface area contributed by atoms with E-state index in [9.17, 15) is 38.0 Å². The number of carbonyl (C=O) groups excluding carboxylic acids is 6. The Morgan fingerprint density at radius 3 is 1.89 bits per heavy atom. The second-order valence-corrected chi connectivity index (χ2v) is 32.5. The largest absolute Gasteiger partial charge is 0.496 e. The molecule has 4 fully saturated rings. The summed E-state index contributed by atoms with van der Waals surface area (Å²) in [6.07, 6.45) is 22.9. The van der Waals surface area contributed by atoms with Crippen molar-refractivity contribution < 1.29 is 52.1 Å². The summed E-state index contributed by atoms with van der Waals surface area (Å²) in [7, 11) is 3.33. The summed E-state index contributed by atoms with van der Waals surface area (Å²) >= 11 is 1.63. The maximum Gasteiger partial charge on any atom is 0.278 e. The first kappa shape index (κ1) is 91.5. The van der Waals surface area contributed by atoms with Gasteiger partial charge < -0.3 is 59.9 Å². The molecule has 634 valence electrons. The third-order valence-corrected chi connectivity index (χ3v) is 24.9. The highest BCUT2D eigenvalue weighted by molar-refractivity contribution is 7.10. The van der Waals surface area contributed by atoms with Crippen molar-refractivity contribution in [2.75, 3.05) is 77.5 Å². The van der Waals surface area contributed by atoms with E-state index in [0.29, 0.717) is 71.5 Å². The lowest BCUT2D eigenvalue weighted by Gasteiger charge is -2.35. The molecule has 3 aliphatic carbocycles. The third-order valence-electron chi connectivity index (χ3n) is 23.9. The van der Waals surface area contributed by atoms with E-state index in [1.807, 2.05) is 122 Å². The number of ether oxygens (including phenoxy) is 4. The van der Waals surface area contributed by atoms with E-state index in [4.69, 9.17) is 23.9 Å². The topological polar surface area (TPSA) is 259 Å². The molecule has 2 aliphatic heterocycles. The van der Waals surface area contributed by atoms with Crippen molar-refractivity contribution in [3.05, 3.63) is 159 Å². The molecule has 5 aliphatic rings. The van der Waals surface area contributed by atoms with Gasteiger partial charge in [0.05, 0.1) is 75.3 Å². The fourth-order valence-corrected chi connectivity index (χ4v) is 17.6. The maximum atomic E-state index is 14.2. The quantitative estimate of drug-likeness (QED) is 0.0246. The highest BCUT2D eigenvalue weighted by atomic mass is 32.1. The van der Waals surface area contributed by atoms with Crippen LogP contribution in [0.4, 0.5) is 15.8 Å². The lowest BCUT2D eigenvalue weighted by molar-refractivity contribution is -0.140. The van der Waals surface area contributed by atoms with E-state index >= 15 is 0 Å². The molecule has 24 heteroatoms. The molecule has 1 unspecified atom stereocenters. The summed E-state index contributed by atoms with van der Waals surface area (Å²) in [6, 6.07) is 33.5. The molecule has 6 amide bonds. The number of amides is 6. The van der Waals surface area contributed by atoms with Gasteiger partial charge >= 0.3 is 0 Å². The Labute approximate surface area is 695 Å².